The van der Waals surface area contributed by atoms with Crippen LogP contribution in [0.5, 0.6) is 5.75 Å². The van der Waals surface area contributed by atoms with E-state index >= 15 is 0 Å². The van der Waals surface area contributed by atoms with Gasteiger partial charge in [0, 0.05) is 19.6 Å². The first kappa shape index (κ1) is 40.1. The Morgan fingerprint density at radius 3 is 1.98 bits per heavy atom. The molecule has 7 rings (SSSR count). The van der Waals surface area contributed by atoms with Gasteiger partial charge in [0.05, 0.1) is 23.6 Å². The number of nitrogens with zero attached hydrogens (tertiary/aromatic N) is 8. The van der Waals surface area contributed by atoms with Gasteiger partial charge in [-0.05, 0) is 64.6 Å². The van der Waals surface area contributed by atoms with Gasteiger partial charge in [0.25, 0.3) is 10.1 Å². The molecule has 2 aliphatic carbocycles. The van der Waals surface area contributed by atoms with Gasteiger partial charge in [-0.1, -0.05) is 29.3 Å². The zero-order chi connectivity index (χ0) is 40.1. The molecule has 0 spiro atoms. The number of ether oxygens (including phenoxy) is 1. The molecule has 4 heterocycles. The first-order chi connectivity index (χ1) is 26.5. The van der Waals surface area contributed by atoms with Gasteiger partial charge in [-0.15, -0.1) is 0 Å². The van der Waals surface area contributed by atoms with Crippen LogP contribution < -0.4 is 31.4 Å². The second kappa shape index (κ2) is 15.7. The van der Waals surface area contributed by atoms with Crippen molar-refractivity contribution in [3.05, 3.63) is 71.4 Å². The molecule has 6 N–H and O–H groups in total. The van der Waals surface area contributed by atoms with Crippen molar-refractivity contribution in [1.82, 2.24) is 40.2 Å². The summed E-state index contributed by atoms with van der Waals surface area (Å²) in [4.78, 5) is 30.3. The molecule has 2 unspecified atom stereocenters. The van der Waals surface area contributed by atoms with Gasteiger partial charge >= 0.3 is 10.1 Å². The summed E-state index contributed by atoms with van der Waals surface area (Å²) in [6.45, 7) is 0.282. The van der Waals surface area contributed by atoms with Crippen molar-refractivity contribution in [2.24, 2.45) is 4.99 Å². The van der Waals surface area contributed by atoms with E-state index in [1.165, 1.54) is 18.2 Å². The topological polar surface area (TPSA) is 282 Å². The Labute approximate surface area is 344 Å². The first-order valence-corrected chi connectivity index (χ1v) is 20.6. The summed E-state index contributed by atoms with van der Waals surface area (Å²) in [5, 5.41) is 10.5. The molecule has 3 aromatic rings. The van der Waals surface area contributed by atoms with Gasteiger partial charge in [-0.3, -0.25) is 14.1 Å². The smallest absolute Gasteiger partial charge is 0.300 e. The quantitative estimate of drug-likeness (QED) is 0.0608. The summed E-state index contributed by atoms with van der Waals surface area (Å²) in [6.07, 6.45) is 1.59. The monoisotopic (exact) mass is 926 g/mol. The number of rotatable bonds is 11. The number of hydrogen-bond acceptors (Lipinski definition) is 18. The molecule has 0 saturated heterocycles. The van der Waals surface area contributed by atoms with Crippen LogP contribution in [0.4, 0.5) is 17.6 Å². The van der Waals surface area contributed by atoms with Crippen LogP contribution >= 0.6 is 69.6 Å². The summed E-state index contributed by atoms with van der Waals surface area (Å²) in [5.74, 6) is -0.428. The number of nitrogens with one attached hydrogen (secondary N) is 4. The molecule has 4 aliphatic rings. The maximum absolute atomic E-state index is 12.8. The lowest BCUT2D eigenvalue weighted by molar-refractivity contribution is 0.220. The maximum atomic E-state index is 12.8. The summed E-state index contributed by atoms with van der Waals surface area (Å²) in [5.41, 5.74) is -0.379. The molecule has 2 aromatic heterocycles. The summed E-state index contributed by atoms with van der Waals surface area (Å²) < 4.78 is 83.8. The van der Waals surface area contributed by atoms with Crippen LogP contribution in [-0.2, 0) is 20.2 Å². The lowest BCUT2D eigenvalue weighted by Crippen LogP contribution is -2.46. The Morgan fingerprint density at radius 2 is 1.38 bits per heavy atom. The number of fused-ring (bicyclic) bond motifs is 4. The molecular formula is C28H20Cl6N12O8S2. The highest BCUT2D eigenvalue weighted by Crippen LogP contribution is 2.50. The van der Waals surface area contributed by atoms with E-state index in [0.717, 1.165) is 0 Å². The Hall–Kier alpha value is -4.10. The molecule has 2 aliphatic heterocycles. The van der Waals surface area contributed by atoms with Crippen LogP contribution in [0, 0.1) is 0 Å². The zero-order valence-electron chi connectivity index (χ0n) is 27.3. The van der Waals surface area contributed by atoms with E-state index in [2.05, 4.69) is 61.1 Å². The Morgan fingerprint density at radius 1 is 0.768 bits per heavy atom. The third kappa shape index (κ3) is 8.30. The van der Waals surface area contributed by atoms with Gasteiger partial charge < -0.3 is 30.4 Å². The fourth-order valence-electron chi connectivity index (χ4n) is 5.59. The van der Waals surface area contributed by atoms with Crippen molar-refractivity contribution in [2.45, 2.75) is 17.0 Å². The number of hydrogen-bond donors (Lipinski definition) is 6. The van der Waals surface area contributed by atoms with E-state index in [4.69, 9.17) is 78.8 Å². The third-order valence-electron chi connectivity index (χ3n) is 7.75. The standard InChI is InChI=1S/C28H20Cl6N12O8S2/c29-13-15-19(53-17-9(39-15)1-3-11(21(17)55(47,48)49)35-5-7-37-27-43-23(31)41-24(32)44-27)14(30)16-20(13)54-18-10(40-16)2-4-12(22(18)56(50,51)52)36-6-8-38-28-45-25(33)42-26(34)46-28/h1-4,9,17,35,39H,5-8H2,(H,47,48,49)(H,50,51,52)(H,37,41,43,44)(H,38,42,45,46). The molecule has 0 saturated carbocycles. The van der Waals surface area contributed by atoms with E-state index in [9.17, 15) is 25.9 Å². The largest absolute Gasteiger partial charge is 0.478 e. The average molecular weight is 929 g/mol. The summed E-state index contributed by atoms with van der Waals surface area (Å²) in [7, 11) is -9.90. The van der Waals surface area contributed by atoms with Crippen molar-refractivity contribution >= 4 is 119 Å². The van der Waals surface area contributed by atoms with E-state index < -0.39 is 47.9 Å². The fraction of sp³-hybridized carbons (Fsp3) is 0.214. The summed E-state index contributed by atoms with van der Waals surface area (Å²) >= 11 is 36.7. The zero-order valence-corrected chi connectivity index (χ0v) is 33.5. The maximum Gasteiger partial charge on any atom is 0.300 e. The number of halogens is 6. The average Bonchev–Trinajstić information content (AvgIpc) is 3.10. The predicted molar refractivity (Wildman–Crippen MR) is 205 cm³/mol. The van der Waals surface area contributed by atoms with Crippen molar-refractivity contribution < 1.29 is 35.1 Å². The van der Waals surface area contributed by atoms with E-state index in [1.54, 1.807) is 6.08 Å². The molecular weight excluding hydrogens is 909 g/mol. The van der Waals surface area contributed by atoms with Crippen molar-refractivity contribution in [3.8, 4) is 17.2 Å². The van der Waals surface area contributed by atoms with Gasteiger partial charge in [0.2, 0.25) is 33.0 Å². The highest BCUT2D eigenvalue weighted by Gasteiger charge is 2.43. The summed E-state index contributed by atoms with van der Waals surface area (Å²) in [6, 6.07) is 1.71. The van der Waals surface area contributed by atoms with Crippen LogP contribution in [0.15, 0.2) is 49.2 Å². The Bertz CT molecular complexity index is 2720. The fourth-order valence-corrected chi connectivity index (χ4v) is 8.54. The van der Waals surface area contributed by atoms with E-state index in [1.807, 2.05) is 0 Å². The SMILES string of the molecule is O=S(=O)(O)C1=C(NCCNc2nc(Cl)nc(Cl)n2)C=CC2Nc3c(c(Cl)c4nc5ccc(=NCCNc6nc(Cl)nc(Cl)n6)c(S(=O)(=O)O)c-5oc4c3Cl)OC12. The van der Waals surface area contributed by atoms with Crippen LogP contribution in [0.2, 0.25) is 31.2 Å². The highest BCUT2D eigenvalue weighted by molar-refractivity contribution is 7.89. The van der Waals surface area contributed by atoms with Gasteiger partial charge in [0.1, 0.15) is 31.8 Å². The van der Waals surface area contributed by atoms with Crippen LogP contribution in [0.1, 0.15) is 0 Å². The Balaban J connectivity index is 1.20. The molecule has 0 bridgehead atoms. The van der Waals surface area contributed by atoms with Gasteiger partial charge in [-0.2, -0.15) is 46.7 Å². The molecule has 56 heavy (non-hydrogen) atoms. The first-order valence-electron chi connectivity index (χ1n) is 15.4. The lowest BCUT2D eigenvalue weighted by Gasteiger charge is -2.37. The number of aromatic nitrogens is 7. The molecule has 20 nitrogen and oxygen atoms in total. The van der Waals surface area contributed by atoms with Crippen LogP contribution in [-0.4, -0.2) is 99.2 Å². The van der Waals surface area contributed by atoms with Gasteiger partial charge in [-0.25, -0.2) is 4.98 Å². The molecule has 0 radical (unpaired) electrons. The normalized spacial score (nSPS) is 17.0. The molecule has 0 fully saturated rings. The van der Waals surface area contributed by atoms with Gasteiger partial charge in [0.15, 0.2) is 28.1 Å². The minimum Gasteiger partial charge on any atom is -0.478 e. The van der Waals surface area contributed by atoms with Crippen molar-refractivity contribution in [2.75, 3.05) is 42.1 Å². The second-order valence-electron chi connectivity index (χ2n) is 11.3. The van der Waals surface area contributed by atoms with E-state index in [-0.39, 0.29) is 109 Å². The minimum atomic E-state index is -4.99. The molecule has 294 valence electrons. The predicted octanol–water partition coefficient (Wildman–Crippen LogP) is 4.39. The Kier molecular flexibility index (Phi) is 11.2. The van der Waals surface area contributed by atoms with Crippen LogP contribution in [0.25, 0.3) is 22.6 Å². The van der Waals surface area contributed by atoms with Crippen molar-refractivity contribution in [1.29, 1.82) is 0 Å². The second-order valence-corrected chi connectivity index (χ2v) is 16.2. The number of allylic oxidation sites excluding steroid dienone is 1. The minimum absolute atomic E-state index is 0.00359. The molecule has 2 atom stereocenters. The highest BCUT2D eigenvalue weighted by atomic mass is 35.5. The van der Waals surface area contributed by atoms with Crippen molar-refractivity contribution in [3.63, 3.8) is 0 Å². The third-order valence-corrected chi connectivity index (χ3v) is 11.1. The van der Waals surface area contributed by atoms with Crippen LogP contribution in [0.3, 0.4) is 0 Å². The number of anilines is 3. The number of benzene rings is 2. The lowest BCUT2D eigenvalue weighted by atomic mass is 10.00. The molecule has 0 amide bonds. The molecule has 1 aromatic carbocycles. The van der Waals surface area contributed by atoms with E-state index in [0.29, 0.717) is 0 Å². The molecule has 28 heteroatoms.